The fourth-order valence-corrected chi connectivity index (χ4v) is 2.87. The summed E-state index contributed by atoms with van der Waals surface area (Å²) in [5, 5.41) is 0.646. The largest absolute Gasteiger partial charge is 0.389 e. The van der Waals surface area contributed by atoms with Gasteiger partial charge in [-0.15, -0.1) is 0 Å². The summed E-state index contributed by atoms with van der Waals surface area (Å²) in [6, 6.07) is 6.52. The second kappa shape index (κ2) is 5.23. The number of benzene rings is 1. The Labute approximate surface area is 113 Å². The molecule has 92 valence electrons. The van der Waals surface area contributed by atoms with Gasteiger partial charge in [-0.2, -0.15) is 0 Å². The van der Waals surface area contributed by atoms with Crippen molar-refractivity contribution < 1.29 is 0 Å². The molecule has 1 fully saturated rings. The van der Waals surface area contributed by atoms with E-state index in [4.69, 9.17) is 29.6 Å². The van der Waals surface area contributed by atoms with Crippen LogP contribution in [-0.2, 0) is 0 Å². The second-order valence-corrected chi connectivity index (χ2v) is 5.41. The van der Waals surface area contributed by atoms with Gasteiger partial charge in [0.25, 0.3) is 0 Å². The van der Waals surface area contributed by atoms with E-state index >= 15 is 0 Å². The summed E-state index contributed by atoms with van der Waals surface area (Å²) < 4.78 is 0. The monoisotopic (exact) mass is 268 g/mol. The van der Waals surface area contributed by atoms with Crippen molar-refractivity contribution in [2.75, 3.05) is 11.4 Å². The molecule has 1 atom stereocenters. The molecule has 0 aromatic heterocycles. The molecule has 17 heavy (non-hydrogen) atoms. The standard InChI is InChI=1S/C13H17ClN2S/c1-9-4-2-3-7-16(9)10-5-6-11(13(15)17)12(14)8-10/h5-6,8-9H,2-4,7H2,1H3,(H2,15,17). The van der Waals surface area contributed by atoms with Gasteiger partial charge in [0.2, 0.25) is 0 Å². The van der Waals surface area contributed by atoms with E-state index in [1.165, 1.54) is 24.9 Å². The molecule has 2 N–H and O–H groups in total. The average Bonchev–Trinajstić information content (AvgIpc) is 2.29. The van der Waals surface area contributed by atoms with E-state index in [-0.39, 0.29) is 0 Å². The third kappa shape index (κ3) is 2.72. The van der Waals surface area contributed by atoms with Crippen molar-refractivity contribution in [3.8, 4) is 0 Å². The van der Waals surface area contributed by atoms with E-state index in [0.717, 1.165) is 12.1 Å². The first-order valence-corrected chi connectivity index (χ1v) is 6.74. The summed E-state index contributed by atoms with van der Waals surface area (Å²) >= 11 is 11.1. The van der Waals surface area contributed by atoms with Crippen molar-refractivity contribution in [2.24, 2.45) is 5.73 Å². The number of nitrogens with zero attached hydrogens (tertiary/aromatic N) is 1. The molecule has 0 aliphatic carbocycles. The predicted molar refractivity (Wildman–Crippen MR) is 78.0 cm³/mol. The Balaban J connectivity index is 2.27. The van der Waals surface area contributed by atoms with Crippen molar-refractivity contribution in [2.45, 2.75) is 32.2 Å². The van der Waals surface area contributed by atoms with Gasteiger partial charge in [0.05, 0.1) is 5.02 Å². The summed E-state index contributed by atoms with van der Waals surface area (Å²) in [7, 11) is 0. The number of hydrogen-bond acceptors (Lipinski definition) is 2. The lowest BCUT2D eigenvalue weighted by atomic mass is 10.0. The first-order chi connectivity index (χ1) is 8.09. The molecule has 2 rings (SSSR count). The Bertz CT molecular complexity index is 433. The van der Waals surface area contributed by atoms with Gasteiger partial charge in [0.15, 0.2) is 0 Å². The molecule has 1 unspecified atom stereocenters. The van der Waals surface area contributed by atoms with Crippen molar-refractivity contribution in [1.82, 2.24) is 0 Å². The molecule has 1 aliphatic heterocycles. The zero-order valence-electron chi connectivity index (χ0n) is 9.95. The summed E-state index contributed by atoms with van der Waals surface area (Å²) in [5.41, 5.74) is 7.53. The molecule has 0 bridgehead atoms. The molecule has 1 aliphatic rings. The number of thiocarbonyl (C=S) groups is 1. The highest BCUT2D eigenvalue weighted by atomic mass is 35.5. The highest BCUT2D eigenvalue weighted by molar-refractivity contribution is 7.80. The van der Waals surface area contributed by atoms with Crippen LogP contribution < -0.4 is 10.6 Å². The molecule has 0 spiro atoms. The van der Waals surface area contributed by atoms with Gasteiger partial charge in [0.1, 0.15) is 4.99 Å². The lowest BCUT2D eigenvalue weighted by Crippen LogP contribution is -2.37. The van der Waals surface area contributed by atoms with Crippen LogP contribution in [0.25, 0.3) is 0 Å². The highest BCUT2D eigenvalue weighted by Gasteiger charge is 2.19. The summed E-state index contributed by atoms with van der Waals surface area (Å²) in [6.07, 6.45) is 3.81. The highest BCUT2D eigenvalue weighted by Crippen LogP contribution is 2.28. The van der Waals surface area contributed by atoms with Crippen LogP contribution in [0.1, 0.15) is 31.7 Å². The van der Waals surface area contributed by atoms with Crippen molar-refractivity contribution in [3.05, 3.63) is 28.8 Å². The fraction of sp³-hybridized carbons (Fsp3) is 0.462. The number of nitrogens with two attached hydrogens (primary N) is 1. The van der Waals surface area contributed by atoms with E-state index in [9.17, 15) is 0 Å². The second-order valence-electron chi connectivity index (χ2n) is 4.57. The third-order valence-electron chi connectivity index (χ3n) is 3.35. The quantitative estimate of drug-likeness (QED) is 0.834. The number of halogens is 1. The van der Waals surface area contributed by atoms with Gasteiger partial charge in [-0.3, -0.25) is 0 Å². The Morgan fingerprint density at radius 3 is 2.82 bits per heavy atom. The molecule has 1 heterocycles. The summed E-state index contributed by atoms with van der Waals surface area (Å²) in [6.45, 7) is 3.36. The van der Waals surface area contributed by atoms with Crippen LogP contribution in [0.15, 0.2) is 18.2 Å². The van der Waals surface area contributed by atoms with E-state index in [0.29, 0.717) is 16.1 Å². The van der Waals surface area contributed by atoms with Crippen LogP contribution in [-0.4, -0.2) is 17.6 Å². The molecule has 0 amide bonds. The molecule has 1 aromatic carbocycles. The van der Waals surface area contributed by atoms with Gasteiger partial charge in [-0.1, -0.05) is 23.8 Å². The van der Waals surface area contributed by atoms with Gasteiger partial charge in [-0.25, -0.2) is 0 Å². The maximum Gasteiger partial charge on any atom is 0.105 e. The number of rotatable bonds is 2. The van der Waals surface area contributed by atoms with Crippen LogP contribution in [0.4, 0.5) is 5.69 Å². The van der Waals surface area contributed by atoms with Crippen LogP contribution in [0.5, 0.6) is 0 Å². The Kier molecular flexibility index (Phi) is 3.89. The molecule has 1 aromatic rings. The Hall–Kier alpha value is -0.800. The third-order valence-corrected chi connectivity index (χ3v) is 3.89. The maximum atomic E-state index is 6.20. The molecule has 0 saturated carbocycles. The van der Waals surface area contributed by atoms with Gasteiger partial charge < -0.3 is 10.6 Å². The van der Waals surface area contributed by atoms with Crippen molar-refractivity contribution in [1.29, 1.82) is 0 Å². The fourth-order valence-electron chi connectivity index (χ4n) is 2.36. The SMILES string of the molecule is CC1CCCCN1c1ccc(C(N)=S)c(Cl)c1. The minimum Gasteiger partial charge on any atom is -0.389 e. The Morgan fingerprint density at radius 2 is 2.24 bits per heavy atom. The lowest BCUT2D eigenvalue weighted by molar-refractivity contribution is 0.485. The number of anilines is 1. The van der Waals surface area contributed by atoms with Gasteiger partial charge in [-0.05, 0) is 44.4 Å². The normalized spacial score (nSPS) is 20.4. The molecule has 1 saturated heterocycles. The molecule has 2 nitrogen and oxygen atoms in total. The van der Waals surface area contributed by atoms with Crippen molar-refractivity contribution >= 4 is 34.5 Å². The summed E-state index contributed by atoms with van der Waals surface area (Å²) in [5.74, 6) is 0. The van der Waals surface area contributed by atoms with Crippen molar-refractivity contribution in [3.63, 3.8) is 0 Å². The zero-order chi connectivity index (χ0) is 12.4. The van der Waals surface area contributed by atoms with Crippen LogP contribution in [0.3, 0.4) is 0 Å². The topological polar surface area (TPSA) is 29.3 Å². The zero-order valence-corrected chi connectivity index (χ0v) is 11.5. The smallest absolute Gasteiger partial charge is 0.105 e. The predicted octanol–water partition coefficient (Wildman–Crippen LogP) is 3.35. The van der Waals surface area contributed by atoms with Crippen LogP contribution >= 0.6 is 23.8 Å². The number of hydrogen-bond donors (Lipinski definition) is 1. The molecular weight excluding hydrogens is 252 g/mol. The lowest BCUT2D eigenvalue weighted by Gasteiger charge is -2.35. The maximum absolute atomic E-state index is 6.20. The van der Waals surface area contributed by atoms with E-state index < -0.39 is 0 Å². The molecular formula is C13H17ClN2S. The van der Waals surface area contributed by atoms with Crippen LogP contribution in [0, 0.1) is 0 Å². The first kappa shape index (κ1) is 12.7. The van der Waals surface area contributed by atoms with E-state index in [2.05, 4.69) is 17.9 Å². The van der Waals surface area contributed by atoms with Crippen LogP contribution in [0.2, 0.25) is 5.02 Å². The van der Waals surface area contributed by atoms with Gasteiger partial charge >= 0.3 is 0 Å². The molecule has 4 heteroatoms. The minimum atomic E-state index is 0.355. The molecule has 0 radical (unpaired) electrons. The van der Waals surface area contributed by atoms with Gasteiger partial charge in [0, 0.05) is 23.8 Å². The first-order valence-electron chi connectivity index (χ1n) is 5.95. The summed E-state index contributed by atoms with van der Waals surface area (Å²) in [4.78, 5) is 2.76. The number of piperidine rings is 1. The van der Waals surface area contributed by atoms with E-state index in [1.54, 1.807) is 0 Å². The minimum absolute atomic E-state index is 0.355. The average molecular weight is 269 g/mol. The Morgan fingerprint density at radius 1 is 1.47 bits per heavy atom. The van der Waals surface area contributed by atoms with E-state index in [1.807, 2.05) is 12.1 Å².